The molecule has 1 aliphatic heterocycles. The molecule has 0 aliphatic carbocycles. The van der Waals surface area contributed by atoms with Crippen LogP contribution in [0.15, 0.2) is 12.7 Å². The number of anilines is 1. The van der Waals surface area contributed by atoms with E-state index < -0.39 is 54.6 Å². The first-order chi connectivity index (χ1) is 14.2. The Morgan fingerprint density at radius 1 is 1.03 bits per heavy atom. The number of nitrogens with two attached hydrogens (primary N) is 1. The maximum absolute atomic E-state index is 11.8. The van der Waals surface area contributed by atoms with Crippen LogP contribution in [-0.4, -0.2) is 74.2 Å². The second kappa shape index (κ2) is 10.5. The first-order valence-electron chi connectivity index (χ1n) is 7.92. The molecule has 1 radical (unpaired) electrons. The number of aliphatic hydroxyl groups excluding tert-OH is 2. The largest absolute Gasteiger partial charge is 0.490 e. The zero-order valence-electron chi connectivity index (χ0n) is 15.3. The maximum atomic E-state index is 11.8. The molecule has 2 aromatic rings. The van der Waals surface area contributed by atoms with E-state index in [9.17, 15) is 28.8 Å². The van der Waals surface area contributed by atoms with Gasteiger partial charge in [0.25, 0.3) is 0 Å². The third kappa shape index (κ3) is 6.89. The summed E-state index contributed by atoms with van der Waals surface area (Å²) in [5, 5.41) is 20.4. The Balaban J connectivity index is 0.00000363. The predicted octanol–water partition coefficient (Wildman–Crippen LogP) is -1.63. The Hall–Kier alpha value is 0.224. The van der Waals surface area contributed by atoms with Crippen molar-refractivity contribution in [1.82, 2.24) is 19.5 Å². The quantitative estimate of drug-likeness (QED) is 0.157. The normalized spacial score (nSPS) is 27.6. The van der Waals surface area contributed by atoms with Gasteiger partial charge in [-0.15, -0.1) is 0 Å². The molecule has 3 heterocycles. The van der Waals surface area contributed by atoms with Crippen molar-refractivity contribution in [3.05, 3.63) is 12.7 Å². The van der Waals surface area contributed by atoms with E-state index in [0.29, 0.717) is 0 Å². The fraction of sp³-hybridized carbons (Fsp3) is 0.500. The average Bonchev–Trinajstić information content (AvgIpc) is 3.13. The molecule has 0 saturated carbocycles. The summed E-state index contributed by atoms with van der Waals surface area (Å²) in [6, 6.07) is 0. The number of ether oxygens (including phenoxy) is 1. The minimum atomic E-state index is -5.70. The first-order valence-corrected chi connectivity index (χ1v) is 12.4. The summed E-state index contributed by atoms with van der Waals surface area (Å²) in [5.41, 5.74) is 6.00. The molecule has 3 rings (SSSR count). The molecule has 8 N–H and O–H groups in total. The number of phosphoric acid groups is 3. The Bertz CT molecular complexity index is 1110. The van der Waals surface area contributed by atoms with Crippen LogP contribution in [0.2, 0.25) is 0 Å². The van der Waals surface area contributed by atoms with E-state index in [1.54, 1.807) is 0 Å². The van der Waals surface area contributed by atoms with Crippen molar-refractivity contribution in [2.45, 2.75) is 24.5 Å². The van der Waals surface area contributed by atoms with E-state index in [2.05, 4.69) is 28.1 Å². The zero-order valence-corrected chi connectivity index (χ0v) is 20.4. The van der Waals surface area contributed by atoms with Gasteiger partial charge in [0, 0.05) is 49.4 Å². The minimum Gasteiger partial charge on any atom is -0.387 e. The first kappa shape index (κ1) is 28.5. The zero-order chi connectivity index (χ0) is 23.2. The molecule has 22 heteroatoms. The van der Waals surface area contributed by atoms with Gasteiger partial charge in [0.05, 0.1) is 12.9 Å². The minimum absolute atomic E-state index is 0. The molecule has 0 spiro atoms. The molecule has 32 heavy (non-hydrogen) atoms. The second-order valence-corrected chi connectivity index (χ2v) is 10.4. The van der Waals surface area contributed by atoms with E-state index in [-0.39, 0.29) is 66.4 Å². The average molecular weight is 659 g/mol. The van der Waals surface area contributed by atoms with Gasteiger partial charge in [-0.25, -0.2) is 28.6 Å². The SMILES string of the molecule is Nc1ncnc2c1ncn2[C@@H]1O[C@H](COP(=O)(O)OP(=O)(O)OP(=O)(O)O)[C@@H](O)[C@H]1O.[Eu]. The Labute approximate surface area is 218 Å². The summed E-state index contributed by atoms with van der Waals surface area (Å²) in [6.45, 7) is -0.956. The Morgan fingerprint density at radius 3 is 2.31 bits per heavy atom. The molecule has 0 bridgehead atoms. The number of imidazole rings is 1. The Kier molecular flexibility index (Phi) is 9.30. The van der Waals surface area contributed by atoms with E-state index in [4.69, 9.17) is 25.2 Å². The van der Waals surface area contributed by atoms with Crippen molar-refractivity contribution in [3.63, 3.8) is 0 Å². The fourth-order valence-corrected chi connectivity index (χ4v) is 5.65. The molecular formula is C10H16EuN5O13P3. The van der Waals surface area contributed by atoms with E-state index in [1.165, 1.54) is 10.9 Å². The van der Waals surface area contributed by atoms with Crippen molar-refractivity contribution >= 4 is 40.4 Å². The molecule has 2 aromatic heterocycles. The Morgan fingerprint density at radius 2 is 1.69 bits per heavy atom. The third-order valence-electron chi connectivity index (χ3n) is 3.82. The summed E-state index contributed by atoms with van der Waals surface area (Å²) in [5.74, 6) is 0.0426. The second-order valence-electron chi connectivity index (χ2n) is 6.02. The summed E-state index contributed by atoms with van der Waals surface area (Å²) in [4.78, 5) is 47.2. The number of aliphatic hydroxyl groups is 2. The monoisotopic (exact) mass is 660 g/mol. The van der Waals surface area contributed by atoms with Crippen molar-refractivity contribution < 1.29 is 111 Å². The molecular weight excluding hydrogens is 643 g/mol. The van der Waals surface area contributed by atoms with Crippen LogP contribution in [0.3, 0.4) is 0 Å². The molecule has 2 unspecified atom stereocenters. The van der Waals surface area contributed by atoms with Crippen LogP contribution in [0.25, 0.3) is 11.2 Å². The van der Waals surface area contributed by atoms with E-state index in [1.807, 2.05) is 0 Å². The summed E-state index contributed by atoms with van der Waals surface area (Å²) < 4.78 is 51.9. The number of hydrogen-bond acceptors (Lipinski definition) is 13. The van der Waals surface area contributed by atoms with Gasteiger partial charge in [-0.3, -0.25) is 9.09 Å². The standard InChI is InChI=1S/C10H16N5O13P3.Eu/c11-8-5-9(13-2-12-8)15(3-14-5)10-7(17)6(16)4(26-10)1-25-30(21,22)28-31(23,24)27-29(18,19)20;/h2-4,6-7,10,16-17H,1H2,(H,21,22)(H,23,24)(H2,11,12,13)(H2,18,19,20);/t4-,6-,7-,10-;/m1./s1. The summed E-state index contributed by atoms with van der Waals surface area (Å²) in [7, 11) is -16.7. The smallest absolute Gasteiger partial charge is 0.387 e. The van der Waals surface area contributed by atoms with Gasteiger partial charge in [0.2, 0.25) is 0 Å². The summed E-state index contributed by atoms with van der Waals surface area (Å²) >= 11 is 0. The topological polar surface area (TPSA) is 279 Å². The van der Waals surface area contributed by atoms with Gasteiger partial charge in [0.15, 0.2) is 17.7 Å². The number of aromatic nitrogens is 4. The number of hydrogen-bond donors (Lipinski definition) is 7. The van der Waals surface area contributed by atoms with Crippen LogP contribution >= 0.6 is 23.5 Å². The molecule has 1 aliphatic rings. The van der Waals surface area contributed by atoms with Crippen molar-refractivity contribution in [3.8, 4) is 0 Å². The van der Waals surface area contributed by atoms with Gasteiger partial charge >= 0.3 is 23.5 Å². The van der Waals surface area contributed by atoms with Crippen LogP contribution in [0, 0.1) is 49.4 Å². The van der Waals surface area contributed by atoms with E-state index in [0.717, 1.165) is 6.33 Å². The fourth-order valence-electron chi connectivity index (χ4n) is 2.62. The predicted molar refractivity (Wildman–Crippen MR) is 95.5 cm³/mol. The van der Waals surface area contributed by atoms with Crippen LogP contribution < -0.4 is 5.73 Å². The number of nitrogens with zero attached hydrogens (tertiary/aromatic N) is 4. The number of fused-ring (bicyclic) bond motifs is 1. The van der Waals surface area contributed by atoms with Crippen LogP contribution in [0.4, 0.5) is 5.82 Å². The van der Waals surface area contributed by atoms with Crippen LogP contribution in [-0.2, 0) is 31.6 Å². The van der Waals surface area contributed by atoms with E-state index >= 15 is 0 Å². The molecule has 181 valence electrons. The van der Waals surface area contributed by atoms with Crippen molar-refractivity contribution in [2.75, 3.05) is 12.3 Å². The molecule has 0 aromatic carbocycles. The van der Waals surface area contributed by atoms with Crippen LogP contribution in [0.1, 0.15) is 6.23 Å². The maximum Gasteiger partial charge on any atom is 0.490 e. The number of rotatable bonds is 8. The van der Waals surface area contributed by atoms with Crippen molar-refractivity contribution in [2.24, 2.45) is 0 Å². The summed E-state index contributed by atoms with van der Waals surface area (Å²) in [6.07, 6.45) is -3.69. The van der Waals surface area contributed by atoms with Gasteiger partial charge in [-0.05, 0) is 0 Å². The van der Waals surface area contributed by atoms with Gasteiger partial charge in [-0.2, -0.15) is 8.62 Å². The molecule has 18 nitrogen and oxygen atoms in total. The molecule has 0 amide bonds. The molecule has 1 saturated heterocycles. The van der Waals surface area contributed by atoms with Gasteiger partial charge in [-0.1, -0.05) is 0 Å². The molecule has 1 fully saturated rings. The van der Waals surface area contributed by atoms with Gasteiger partial charge < -0.3 is 40.3 Å². The van der Waals surface area contributed by atoms with Gasteiger partial charge in [0.1, 0.15) is 30.2 Å². The third-order valence-corrected chi connectivity index (χ3v) is 7.62. The van der Waals surface area contributed by atoms with Crippen molar-refractivity contribution in [1.29, 1.82) is 0 Å². The number of phosphoric ester groups is 1. The van der Waals surface area contributed by atoms with Crippen LogP contribution in [0.5, 0.6) is 0 Å². The number of nitrogen functional groups attached to an aromatic ring is 1. The molecule has 6 atom stereocenters.